The third-order valence-corrected chi connectivity index (χ3v) is 3.94. The predicted octanol–water partition coefficient (Wildman–Crippen LogP) is 1.35. The monoisotopic (exact) mass is 273 g/mol. The largest absolute Gasteiger partial charge is 0.346 e. The number of nitrogens with zero attached hydrogens (tertiary/aromatic N) is 4. The highest BCUT2D eigenvalue weighted by Crippen LogP contribution is 2.36. The van der Waals surface area contributed by atoms with E-state index in [9.17, 15) is 4.79 Å². The SMILES string of the molecule is Cn1cc(C(=O)NCc2cncn2C)c(C2CCC2)n1. The Hall–Kier alpha value is -2.11. The van der Waals surface area contributed by atoms with Crippen LogP contribution in [-0.4, -0.2) is 25.2 Å². The quantitative estimate of drug-likeness (QED) is 0.914. The second-order valence-corrected chi connectivity index (χ2v) is 5.41. The van der Waals surface area contributed by atoms with Crippen LogP contribution in [0.4, 0.5) is 0 Å². The van der Waals surface area contributed by atoms with Gasteiger partial charge >= 0.3 is 0 Å². The number of aryl methyl sites for hydroxylation is 2. The number of hydrogen-bond donors (Lipinski definition) is 1. The van der Waals surface area contributed by atoms with E-state index in [1.54, 1.807) is 17.2 Å². The molecule has 0 unspecified atom stereocenters. The Balaban J connectivity index is 1.72. The zero-order valence-corrected chi connectivity index (χ0v) is 11.8. The second kappa shape index (κ2) is 5.11. The van der Waals surface area contributed by atoms with Crippen LogP contribution in [0.3, 0.4) is 0 Å². The van der Waals surface area contributed by atoms with E-state index in [2.05, 4.69) is 15.4 Å². The number of imidazole rings is 1. The first-order valence-electron chi connectivity index (χ1n) is 6.92. The van der Waals surface area contributed by atoms with Crippen molar-refractivity contribution >= 4 is 5.91 Å². The number of nitrogens with one attached hydrogen (secondary N) is 1. The van der Waals surface area contributed by atoms with Crippen molar-refractivity contribution in [2.75, 3.05) is 0 Å². The maximum absolute atomic E-state index is 12.3. The van der Waals surface area contributed by atoms with E-state index in [1.165, 1.54) is 6.42 Å². The van der Waals surface area contributed by atoms with E-state index in [4.69, 9.17) is 0 Å². The highest BCUT2D eigenvalue weighted by molar-refractivity contribution is 5.95. The molecule has 0 aromatic carbocycles. The molecule has 0 radical (unpaired) electrons. The lowest BCUT2D eigenvalue weighted by molar-refractivity contribution is 0.0948. The summed E-state index contributed by atoms with van der Waals surface area (Å²) in [5.41, 5.74) is 2.63. The van der Waals surface area contributed by atoms with Gasteiger partial charge in [0.2, 0.25) is 0 Å². The summed E-state index contributed by atoms with van der Waals surface area (Å²) in [6, 6.07) is 0. The summed E-state index contributed by atoms with van der Waals surface area (Å²) in [6.07, 6.45) is 8.81. The number of carbonyl (C=O) groups excluding carboxylic acids is 1. The van der Waals surface area contributed by atoms with Gasteiger partial charge in [0.1, 0.15) is 0 Å². The molecule has 0 saturated heterocycles. The molecular formula is C14H19N5O. The Morgan fingerprint density at radius 2 is 2.25 bits per heavy atom. The summed E-state index contributed by atoms with van der Waals surface area (Å²) in [5.74, 6) is 0.398. The van der Waals surface area contributed by atoms with Gasteiger partial charge in [0.25, 0.3) is 5.91 Å². The molecule has 0 aliphatic heterocycles. The zero-order valence-electron chi connectivity index (χ0n) is 11.8. The van der Waals surface area contributed by atoms with Gasteiger partial charge in [0.05, 0.1) is 29.8 Å². The molecule has 3 rings (SSSR count). The van der Waals surface area contributed by atoms with Crippen LogP contribution in [0.25, 0.3) is 0 Å². The summed E-state index contributed by atoms with van der Waals surface area (Å²) in [6.45, 7) is 0.480. The minimum atomic E-state index is -0.0544. The van der Waals surface area contributed by atoms with E-state index in [0.717, 1.165) is 24.2 Å². The summed E-state index contributed by atoms with van der Waals surface area (Å²) < 4.78 is 3.63. The molecule has 6 heteroatoms. The van der Waals surface area contributed by atoms with Gasteiger partial charge in [0, 0.05) is 32.4 Å². The third-order valence-electron chi connectivity index (χ3n) is 3.94. The minimum absolute atomic E-state index is 0.0544. The number of hydrogen-bond acceptors (Lipinski definition) is 3. The normalized spacial score (nSPS) is 15.1. The Kier molecular flexibility index (Phi) is 3.30. The fraction of sp³-hybridized carbons (Fsp3) is 0.500. The highest BCUT2D eigenvalue weighted by Gasteiger charge is 2.27. The van der Waals surface area contributed by atoms with Crippen LogP contribution in [0.5, 0.6) is 0 Å². The Labute approximate surface area is 117 Å². The smallest absolute Gasteiger partial charge is 0.255 e. The van der Waals surface area contributed by atoms with Crippen LogP contribution in [0.1, 0.15) is 46.9 Å². The van der Waals surface area contributed by atoms with Crippen molar-refractivity contribution in [2.24, 2.45) is 14.1 Å². The molecule has 1 N–H and O–H groups in total. The van der Waals surface area contributed by atoms with Gasteiger partial charge in [-0.3, -0.25) is 9.48 Å². The number of rotatable bonds is 4. The molecule has 2 heterocycles. The Morgan fingerprint density at radius 3 is 2.85 bits per heavy atom. The lowest BCUT2D eigenvalue weighted by Crippen LogP contribution is -2.25. The van der Waals surface area contributed by atoms with Crippen molar-refractivity contribution in [3.63, 3.8) is 0 Å². The second-order valence-electron chi connectivity index (χ2n) is 5.41. The van der Waals surface area contributed by atoms with Crippen molar-refractivity contribution in [2.45, 2.75) is 31.7 Å². The number of aromatic nitrogens is 4. The van der Waals surface area contributed by atoms with Gasteiger partial charge in [-0.15, -0.1) is 0 Å². The van der Waals surface area contributed by atoms with Gasteiger partial charge in [0.15, 0.2) is 0 Å². The van der Waals surface area contributed by atoms with Crippen LogP contribution < -0.4 is 5.32 Å². The molecule has 20 heavy (non-hydrogen) atoms. The summed E-state index contributed by atoms with van der Waals surface area (Å²) in [7, 11) is 3.78. The summed E-state index contributed by atoms with van der Waals surface area (Å²) in [5, 5.41) is 7.40. The van der Waals surface area contributed by atoms with E-state index >= 15 is 0 Å². The maximum atomic E-state index is 12.3. The molecule has 6 nitrogen and oxygen atoms in total. The molecule has 1 amide bonds. The van der Waals surface area contributed by atoms with Crippen LogP contribution in [0.2, 0.25) is 0 Å². The van der Waals surface area contributed by atoms with Crippen molar-refractivity contribution in [3.8, 4) is 0 Å². The van der Waals surface area contributed by atoms with Crippen LogP contribution >= 0.6 is 0 Å². The summed E-state index contributed by atoms with van der Waals surface area (Å²) in [4.78, 5) is 16.4. The molecule has 1 saturated carbocycles. The minimum Gasteiger partial charge on any atom is -0.346 e. The molecule has 0 atom stereocenters. The zero-order chi connectivity index (χ0) is 14.1. The average Bonchev–Trinajstić information content (AvgIpc) is 2.91. The Morgan fingerprint density at radius 1 is 1.45 bits per heavy atom. The van der Waals surface area contributed by atoms with Crippen molar-refractivity contribution in [1.82, 2.24) is 24.6 Å². The fourth-order valence-electron chi connectivity index (χ4n) is 2.48. The first-order valence-corrected chi connectivity index (χ1v) is 6.92. The molecule has 0 bridgehead atoms. The van der Waals surface area contributed by atoms with Gasteiger partial charge in [-0.1, -0.05) is 6.42 Å². The molecule has 1 aliphatic rings. The van der Waals surface area contributed by atoms with E-state index < -0.39 is 0 Å². The van der Waals surface area contributed by atoms with Crippen molar-refractivity contribution < 1.29 is 4.79 Å². The van der Waals surface area contributed by atoms with Crippen LogP contribution in [0.15, 0.2) is 18.7 Å². The molecule has 106 valence electrons. The third kappa shape index (κ3) is 2.33. The molecule has 0 spiro atoms. The van der Waals surface area contributed by atoms with E-state index in [0.29, 0.717) is 18.0 Å². The Bertz CT molecular complexity index is 623. The van der Waals surface area contributed by atoms with Crippen LogP contribution in [-0.2, 0) is 20.6 Å². The average molecular weight is 273 g/mol. The maximum Gasteiger partial charge on any atom is 0.255 e. The van der Waals surface area contributed by atoms with Gasteiger partial charge in [-0.25, -0.2) is 4.98 Å². The number of carbonyl (C=O) groups is 1. The topological polar surface area (TPSA) is 64.7 Å². The fourth-order valence-corrected chi connectivity index (χ4v) is 2.48. The highest BCUT2D eigenvalue weighted by atomic mass is 16.1. The van der Waals surface area contributed by atoms with Crippen molar-refractivity contribution in [3.05, 3.63) is 35.7 Å². The first kappa shape index (κ1) is 12.9. The molecule has 2 aromatic rings. The van der Waals surface area contributed by atoms with Gasteiger partial charge in [-0.2, -0.15) is 5.10 Å². The first-order chi connectivity index (χ1) is 9.65. The van der Waals surface area contributed by atoms with E-state index in [1.807, 2.05) is 24.9 Å². The standard InChI is InChI=1S/C14H19N5O/c1-18-9-15-6-11(18)7-16-14(20)12-8-19(2)17-13(12)10-4-3-5-10/h6,8-10H,3-5,7H2,1-2H3,(H,16,20). The molecule has 1 fully saturated rings. The van der Waals surface area contributed by atoms with Gasteiger partial charge in [-0.05, 0) is 12.8 Å². The molecule has 2 aromatic heterocycles. The lowest BCUT2D eigenvalue weighted by atomic mass is 9.81. The molecular weight excluding hydrogens is 254 g/mol. The molecule has 1 aliphatic carbocycles. The van der Waals surface area contributed by atoms with E-state index in [-0.39, 0.29) is 5.91 Å². The predicted molar refractivity (Wildman–Crippen MR) is 74.2 cm³/mol. The number of amides is 1. The lowest BCUT2D eigenvalue weighted by Gasteiger charge is -2.24. The van der Waals surface area contributed by atoms with Crippen LogP contribution in [0, 0.1) is 0 Å². The van der Waals surface area contributed by atoms with Gasteiger partial charge < -0.3 is 9.88 Å². The summed E-state index contributed by atoms with van der Waals surface area (Å²) >= 11 is 0. The van der Waals surface area contributed by atoms with Crippen molar-refractivity contribution in [1.29, 1.82) is 0 Å².